The summed E-state index contributed by atoms with van der Waals surface area (Å²) < 4.78 is 5.71. The molecule has 0 aliphatic carbocycles. The number of carbonyl (C=O) groups is 1. The van der Waals surface area contributed by atoms with E-state index in [1.807, 2.05) is 24.3 Å². The minimum absolute atomic E-state index is 0.296. The Labute approximate surface area is 168 Å². The molecule has 1 unspecified atom stereocenters. The Balaban J connectivity index is 1.52. The number of nitriles is 1. The largest absolute Gasteiger partial charge is 0.489 e. The van der Waals surface area contributed by atoms with Crippen molar-refractivity contribution in [1.82, 2.24) is 5.43 Å². The van der Waals surface area contributed by atoms with Crippen LogP contribution in [0.1, 0.15) is 28.4 Å². The SMILES string of the molecule is N#Cc1ccccc1COc1ccc(C=NNC(=O)C(O)c2ccccc2)cc1. The van der Waals surface area contributed by atoms with Crippen LogP contribution in [0.2, 0.25) is 0 Å². The zero-order chi connectivity index (χ0) is 20.5. The highest BCUT2D eigenvalue weighted by Gasteiger charge is 2.15. The van der Waals surface area contributed by atoms with Crippen molar-refractivity contribution in [2.75, 3.05) is 0 Å². The van der Waals surface area contributed by atoms with Gasteiger partial charge >= 0.3 is 0 Å². The molecule has 0 spiro atoms. The van der Waals surface area contributed by atoms with Crippen molar-refractivity contribution in [3.8, 4) is 11.8 Å². The van der Waals surface area contributed by atoms with Gasteiger partial charge in [-0.2, -0.15) is 10.4 Å². The van der Waals surface area contributed by atoms with E-state index in [1.165, 1.54) is 6.21 Å². The molecule has 0 aliphatic heterocycles. The van der Waals surface area contributed by atoms with E-state index < -0.39 is 12.0 Å². The molecule has 1 atom stereocenters. The van der Waals surface area contributed by atoms with E-state index in [1.54, 1.807) is 54.6 Å². The number of ether oxygens (including phenoxy) is 1. The van der Waals surface area contributed by atoms with Crippen LogP contribution in [0.3, 0.4) is 0 Å². The third-order valence-corrected chi connectivity index (χ3v) is 4.16. The Hall–Kier alpha value is -3.95. The Morgan fingerprint density at radius 1 is 1.07 bits per heavy atom. The second-order valence-electron chi connectivity index (χ2n) is 6.17. The fourth-order valence-electron chi connectivity index (χ4n) is 2.58. The summed E-state index contributed by atoms with van der Waals surface area (Å²) in [6, 6.07) is 25.2. The maximum atomic E-state index is 11.9. The van der Waals surface area contributed by atoms with Crippen molar-refractivity contribution in [3.63, 3.8) is 0 Å². The zero-order valence-electron chi connectivity index (χ0n) is 15.5. The normalized spacial score (nSPS) is 11.6. The average Bonchev–Trinajstić information content (AvgIpc) is 2.78. The second kappa shape index (κ2) is 9.83. The number of amides is 1. The van der Waals surface area contributed by atoms with Crippen LogP contribution in [0.5, 0.6) is 5.75 Å². The molecule has 0 heterocycles. The number of aliphatic hydroxyl groups excluding tert-OH is 1. The van der Waals surface area contributed by atoms with E-state index in [0.717, 1.165) is 11.1 Å². The van der Waals surface area contributed by atoms with Crippen LogP contribution in [0.4, 0.5) is 0 Å². The first-order chi connectivity index (χ1) is 14.2. The molecule has 3 rings (SSSR count). The molecule has 144 valence electrons. The summed E-state index contributed by atoms with van der Waals surface area (Å²) in [5.41, 5.74) is 4.98. The third kappa shape index (κ3) is 5.51. The number of aliphatic hydroxyl groups is 1. The predicted molar refractivity (Wildman–Crippen MR) is 109 cm³/mol. The first-order valence-corrected chi connectivity index (χ1v) is 8.94. The number of hydrogen-bond acceptors (Lipinski definition) is 5. The first kappa shape index (κ1) is 19.8. The van der Waals surface area contributed by atoms with Crippen molar-refractivity contribution in [1.29, 1.82) is 5.26 Å². The number of nitrogens with zero attached hydrogens (tertiary/aromatic N) is 2. The zero-order valence-corrected chi connectivity index (χ0v) is 15.5. The van der Waals surface area contributed by atoms with Crippen LogP contribution in [-0.4, -0.2) is 17.2 Å². The molecule has 0 bridgehead atoms. The number of hydrazone groups is 1. The fourth-order valence-corrected chi connectivity index (χ4v) is 2.58. The fraction of sp³-hybridized carbons (Fsp3) is 0.0870. The lowest BCUT2D eigenvalue weighted by atomic mass is 10.1. The summed E-state index contributed by atoms with van der Waals surface area (Å²) >= 11 is 0. The maximum absolute atomic E-state index is 11.9. The standard InChI is InChI=1S/C23H19N3O3/c24-14-19-8-4-5-9-20(19)16-29-21-12-10-17(11-13-21)15-25-26-23(28)22(27)18-6-2-1-3-7-18/h1-13,15,22,27H,16H2,(H,26,28). The third-order valence-electron chi connectivity index (χ3n) is 4.16. The van der Waals surface area contributed by atoms with Gasteiger partial charge in [0, 0.05) is 5.56 Å². The molecule has 2 N–H and O–H groups in total. The maximum Gasteiger partial charge on any atom is 0.273 e. The Morgan fingerprint density at radius 3 is 2.48 bits per heavy atom. The number of carbonyl (C=O) groups excluding carboxylic acids is 1. The van der Waals surface area contributed by atoms with E-state index >= 15 is 0 Å². The monoisotopic (exact) mass is 385 g/mol. The highest BCUT2D eigenvalue weighted by molar-refractivity contribution is 5.85. The average molecular weight is 385 g/mol. The van der Waals surface area contributed by atoms with Gasteiger partial charge in [0.15, 0.2) is 6.10 Å². The van der Waals surface area contributed by atoms with E-state index in [0.29, 0.717) is 23.5 Å². The van der Waals surface area contributed by atoms with E-state index in [4.69, 9.17) is 10.00 Å². The summed E-state index contributed by atoms with van der Waals surface area (Å²) in [6.07, 6.45) is 0.199. The van der Waals surface area contributed by atoms with Crippen molar-refractivity contribution >= 4 is 12.1 Å². The van der Waals surface area contributed by atoms with Gasteiger partial charge in [-0.15, -0.1) is 0 Å². The molecule has 0 aliphatic rings. The summed E-state index contributed by atoms with van der Waals surface area (Å²) in [5, 5.41) is 23.0. The number of nitrogens with one attached hydrogen (secondary N) is 1. The van der Waals surface area contributed by atoms with Crippen LogP contribution in [0.25, 0.3) is 0 Å². The molecular weight excluding hydrogens is 366 g/mol. The van der Waals surface area contributed by atoms with Crippen LogP contribution >= 0.6 is 0 Å². The topological polar surface area (TPSA) is 94.7 Å². The highest BCUT2D eigenvalue weighted by atomic mass is 16.5. The van der Waals surface area contributed by atoms with Gasteiger partial charge < -0.3 is 9.84 Å². The summed E-state index contributed by atoms with van der Waals surface area (Å²) in [4.78, 5) is 11.9. The molecule has 3 aromatic rings. The van der Waals surface area contributed by atoms with Crippen molar-refractivity contribution in [2.24, 2.45) is 5.10 Å². The van der Waals surface area contributed by atoms with E-state index in [9.17, 15) is 9.90 Å². The molecule has 0 fully saturated rings. The molecule has 6 nitrogen and oxygen atoms in total. The van der Waals surface area contributed by atoms with Crippen LogP contribution < -0.4 is 10.2 Å². The van der Waals surface area contributed by atoms with Gasteiger partial charge in [-0.3, -0.25) is 4.79 Å². The smallest absolute Gasteiger partial charge is 0.273 e. The van der Waals surface area contributed by atoms with E-state index in [2.05, 4.69) is 16.6 Å². The molecule has 29 heavy (non-hydrogen) atoms. The van der Waals surface area contributed by atoms with Gasteiger partial charge in [0.05, 0.1) is 17.8 Å². The minimum Gasteiger partial charge on any atom is -0.489 e. The van der Waals surface area contributed by atoms with Crippen molar-refractivity contribution in [3.05, 3.63) is 101 Å². The molecule has 0 saturated carbocycles. The minimum atomic E-state index is -1.28. The summed E-state index contributed by atoms with van der Waals surface area (Å²) in [7, 11) is 0. The van der Waals surface area contributed by atoms with Gasteiger partial charge in [0.2, 0.25) is 0 Å². The lowest BCUT2D eigenvalue weighted by Gasteiger charge is -2.09. The van der Waals surface area contributed by atoms with Crippen LogP contribution in [0.15, 0.2) is 84.0 Å². The summed E-state index contributed by atoms with van der Waals surface area (Å²) in [5.74, 6) is 0.0435. The number of benzene rings is 3. The van der Waals surface area contributed by atoms with Crippen LogP contribution in [0, 0.1) is 11.3 Å². The molecule has 0 aromatic heterocycles. The Kier molecular flexibility index (Phi) is 6.71. The van der Waals surface area contributed by atoms with Crippen molar-refractivity contribution < 1.29 is 14.6 Å². The predicted octanol–water partition coefficient (Wildman–Crippen LogP) is 3.32. The van der Waals surface area contributed by atoms with Gasteiger partial charge in [-0.1, -0.05) is 48.5 Å². The first-order valence-electron chi connectivity index (χ1n) is 8.94. The van der Waals surface area contributed by atoms with Gasteiger partial charge in [0.1, 0.15) is 12.4 Å². The quantitative estimate of drug-likeness (QED) is 0.482. The molecule has 1 amide bonds. The van der Waals surface area contributed by atoms with Gasteiger partial charge in [-0.25, -0.2) is 5.43 Å². The second-order valence-corrected chi connectivity index (χ2v) is 6.17. The number of rotatable bonds is 7. The molecule has 0 saturated heterocycles. The molecule has 3 aromatic carbocycles. The highest BCUT2D eigenvalue weighted by Crippen LogP contribution is 2.15. The summed E-state index contributed by atoms with van der Waals surface area (Å²) in [6.45, 7) is 0.296. The van der Waals surface area contributed by atoms with Gasteiger partial charge in [-0.05, 0) is 41.5 Å². The lowest BCUT2D eigenvalue weighted by molar-refractivity contribution is -0.129. The van der Waals surface area contributed by atoms with Crippen molar-refractivity contribution in [2.45, 2.75) is 12.7 Å². The lowest BCUT2D eigenvalue weighted by Crippen LogP contribution is -2.25. The molecule has 0 radical (unpaired) electrons. The van der Waals surface area contributed by atoms with E-state index in [-0.39, 0.29) is 0 Å². The Bertz CT molecular complexity index is 1030. The Morgan fingerprint density at radius 2 is 1.76 bits per heavy atom. The van der Waals surface area contributed by atoms with Crippen LogP contribution in [-0.2, 0) is 11.4 Å². The molecular formula is C23H19N3O3. The number of hydrogen-bond donors (Lipinski definition) is 2. The van der Waals surface area contributed by atoms with Gasteiger partial charge in [0.25, 0.3) is 5.91 Å². The molecule has 6 heteroatoms.